The third-order valence-electron chi connectivity index (χ3n) is 7.78. The zero-order chi connectivity index (χ0) is 17.0. The molecule has 138 valence electrons. The Morgan fingerprint density at radius 2 is 1.42 bits per heavy atom. The summed E-state index contributed by atoms with van der Waals surface area (Å²) in [6.45, 7) is 2.32. The predicted molar refractivity (Wildman–Crippen MR) is 103 cm³/mol. The molecular weight excluding hydrogens is 312 g/mol. The van der Waals surface area contributed by atoms with E-state index in [4.69, 9.17) is 4.43 Å². The molecule has 3 fully saturated rings. The molecule has 0 aromatic heterocycles. The Hall–Kier alpha value is -0.313. The first-order valence-corrected chi connectivity index (χ1v) is 11.6. The third-order valence-corrected chi connectivity index (χ3v) is 8.15. The van der Waals surface area contributed by atoms with Crippen molar-refractivity contribution >= 4 is 16.5 Å². The highest BCUT2D eigenvalue weighted by Crippen LogP contribution is 2.59. The fourth-order valence-corrected chi connectivity index (χ4v) is 7.30. The number of hydrogen-bond acceptors (Lipinski definition) is 2. The van der Waals surface area contributed by atoms with Crippen LogP contribution in [-0.4, -0.2) is 16.5 Å². The zero-order valence-electron chi connectivity index (χ0n) is 16.0. The van der Waals surface area contributed by atoms with Crippen LogP contribution in [-0.2, 0) is 9.22 Å². The lowest BCUT2D eigenvalue weighted by molar-refractivity contribution is -0.164. The van der Waals surface area contributed by atoms with Crippen LogP contribution in [0.5, 0.6) is 0 Å². The van der Waals surface area contributed by atoms with Crippen LogP contribution in [0, 0.1) is 29.1 Å². The molecule has 0 aromatic carbocycles. The van der Waals surface area contributed by atoms with Gasteiger partial charge < -0.3 is 4.43 Å². The van der Waals surface area contributed by atoms with Crippen LogP contribution in [0.25, 0.3) is 0 Å². The second-order valence-corrected chi connectivity index (χ2v) is 9.24. The second kappa shape index (κ2) is 8.38. The van der Waals surface area contributed by atoms with E-state index < -0.39 is 0 Å². The van der Waals surface area contributed by atoms with Gasteiger partial charge in [0.15, 0.2) is 0 Å². The van der Waals surface area contributed by atoms with Gasteiger partial charge in [0.05, 0.1) is 5.41 Å². The Kier molecular flexibility index (Phi) is 6.45. The van der Waals surface area contributed by atoms with Gasteiger partial charge in [-0.2, -0.15) is 0 Å². The van der Waals surface area contributed by atoms with Gasteiger partial charge in [0.25, 0.3) is 5.97 Å². The normalized spacial score (nSPS) is 25.5. The summed E-state index contributed by atoms with van der Waals surface area (Å²) in [5.41, 5.74) is -0.125. The molecule has 1 unspecified atom stereocenters. The summed E-state index contributed by atoms with van der Waals surface area (Å²) in [6, 6.07) is 0. The van der Waals surface area contributed by atoms with Crippen molar-refractivity contribution in [3.8, 4) is 0 Å². The lowest BCUT2D eigenvalue weighted by Crippen LogP contribution is -2.52. The average Bonchev–Trinajstić information content (AvgIpc) is 3.36. The molecule has 0 saturated heterocycles. The van der Waals surface area contributed by atoms with Gasteiger partial charge in [-0.3, -0.25) is 4.79 Å². The van der Waals surface area contributed by atoms with Crippen molar-refractivity contribution in [1.82, 2.24) is 0 Å². The van der Waals surface area contributed by atoms with Crippen LogP contribution in [0.15, 0.2) is 0 Å². The SMILES string of the molecule is CCCC(C1CCCC1)C(C(=O)O[SiH3])(C1CCCC1)C1CCCC1. The topological polar surface area (TPSA) is 26.3 Å². The fourth-order valence-electron chi connectivity index (χ4n) is 6.94. The first kappa shape index (κ1) is 18.5. The minimum absolute atomic E-state index is 0.125. The molecule has 2 nitrogen and oxygen atoms in total. The van der Waals surface area contributed by atoms with Crippen molar-refractivity contribution in [3.05, 3.63) is 0 Å². The number of carbonyl (C=O) groups excluding carboxylic acids is 1. The third kappa shape index (κ3) is 3.22. The van der Waals surface area contributed by atoms with Gasteiger partial charge in [0.1, 0.15) is 0 Å². The fraction of sp³-hybridized carbons (Fsp3) is 0.952. The van der Waals surface area contributed by atoms with E-state index in [1.54, 1.807) is 0 Å². The van der Waals surface area contributed by atoms with Crippen molar-refractivity contribution in [1.29, 1.82) is 0 Å². The molecule has 3 aliphatic carbocycles. The summed E-state index contributed by atoms with van der Waals surface area (Å²) in [4.78, 5) is 13.5. The van der Waals surface area contributed by atoms with Gasteiger partial charge in [-0.25, -0.2) is 0 Å². The van der Waals surface area contributed by atoms with Crippen molar-refractivity contribution in [2.75, 3.05) is 0 Å². The number of rotatable bonds is 7. The lowest BCUT2D eigenvalue weighted by Gasteiger charge is -2.50. The van der Waals surface area contributed by atoms with Crippen LogP contribution in [0.2, 0.25) is 0 Å². The first-order chi connectivity index (χ1) is 11.7. The van der Waals surface area contributed by atoms with Crippen molar-refractivity contribution in [3.63, 3.8) is 0 Å². The van der Waals surface area contributed by atoms with Gasteiger partial charge in [-0.1, -0.05) is 64.7 Å². The molecule has 3 heteroatoms. The summed E-state index contributed by atoms with van der Waals surface area (Å²) in [7, 11) is 0.561. The maximum absolute atomic E-state index is 13.5. The van der Waals surface area contributed by atoms with Crippen LogP contribution in [0.3, 0.4) is 0 Å². The quantitative estimate of drug-likeness (QED) is 0.617. The van der Waals surface area contributed by atoms with Crippen LogP contribution in [0.1, 0.15) is 96.8 Å². The summed E-state index contributed by atoms with van der Waals surface area (Å²) >= 11 is 0. The first-order valence-electron chi connectivity index (χ1n) is 10.8. The summed E-state index contributed by atoms with van der Waals surface area (Å²) in [5, 5.41) is 0. The Morgan fingerprint density at radius 3 is 1.83 bits per heavy atom. The average molecular weight is 351 g/mol. The smallest absolute Gasteiger partial charge is 0.298 e. The molecule has 0 heterocycles. The Morgan fingerprint density at radius 1 is 0.958 bits per heavy atom. The molecule has 3 rings (SSSR count). The summed E-state index contributed by atoms with van der Waals surface area (Å²) < 4.78 is 5.73. The van der Waals surface area contributed by atoms with E-state index in [1.807, 2.05) is 0 Å². The molecule has 24 heavy (non-hydrogen) atoms. The van der Waals surface area contributed by atoms with E-state index in [-0.39, 0.29) is 11.4 Å². The molecule has 0 bridgehead atoms. The maximum Gasteiger partial charge on any atom is 0.298 e. The highest BCUT2D eigenvalue weighted by Gasteiger charge is 2.58. The van der Waals surface area contributed by atoms with Gasteiger partial charge in [0.2, 0.25) is 10.5 Å². The van der Waals surface area contributed by atoms with Crippen molar-refractivity contribution in [2.45, 2.75) is 96.8 Å². The van der Waals surface area contributed by atoms with Crippen LogP contribution < -0.4 is 0 Å². The molecule has 0 radical (unpaired) electrons. The minimum atomic E-state index is -0.125. The molecule has 3 saturated carbocycles. The van der Waals surface area contributed by atoms with Crippen LogP contribution in [0.4, 0.5) is 0 Å². The summed E-state index contributed by atoms with van der Waals surface area (Å²) in [6.07, 6.45) is 18.4. The van der Waals surface area contributed by atoms with E-state index in [2.05, 4.69) is 6.92 Å². The monoisotopic (exact) mass is 350 g/mol. The van der Waals surface area contributed by atoms with E-state index in [0.29, 0.717) is 28.2 Å². The van der Waals surface area contributed by atoms with Gasteiger partial charge in [-0.15, -0.1) is 0 Å². The zero-order valence-corrected chi connectivity index (χ0v) is 18.0. The molecule has 0 N–H and O–H groups in total. The highest BCUT2D eigenvalue weighted by atomic mass is 28.2. The lowest BCUT2D eigenvalue weighted by atomic mass is 9.54. The maximum atomic E-state index is 13.5. The number of hydrogen-bond donors (Lipinski definition) is 0. The molecular formula is C21H38O2Si. The molecule has 0 spiro atoms. The molecule has 0 aromatic rings. The largest absolute Gasteiger partial charge is 0.528 e. The molecule has 3 aliphatic rings. The van der Waals surface area contributed by atoms with Crippen LogP contribution >= 0.6 is 0 Å². The summed E-state index contributed by atoms with van der Waals surface area (Å²) in [5.74, 6) is 2.83. The number of carbonyl (C=O) groups is 1. The molecule has 0 amide bonds. The second-order valence-electron chi connectivity index (χ2n) is 8.83. The molecule has 1 atom stereocenters. The van der Waals surface area contributed by atoms with E-state index in [0.717, 1.165) is 5.92 Å². The Labute approximate surface area is 152 Å². The van der Waals surface area contributed by atoms with Gasteiger partial charge in [-0.05, 0) is 55.8 Å². The van der Waals surface area contributed by atoms with Crippen molar-refractivity contribution < 1.29 is 9.22 Å². The standard InChI is InChI=1S/C21H38O2Si/c1-2-9-19(16-10-3-4-11-16)21(20(22)23-24,17-12-5-6-13-17)18-14-7-8-15-18/h16-19H,2-15H2,1,24H3. The Bertz CT molecular complexity index is 388. The highest BCUT2D eigenvalue weighted by molar-refractivity contribution is 6.06. The van der Waals surface area contributed by atoms with E-state index >= 15 is 0 Å². The van der Waals surface area contributed by atoms with E-state index in [1.165, 1.54) is 89.9 Å². The minimum Gasteiger partial charge on any atom is -0.528 e. The molecule has 0 aliphatic heterocycles. The van der Waals surface area contributed by atoms with Crippen molar-refractivity contribution in [2.24, 2.45) is 29.1 Å². The van der Waals surface area contributed by atoms with Gasteiger partial charge >= 0.3 is 0 Å². The Balaban J connectivity index is 2.03. The van der Waals surface area contributed by atoms with E-state index in [9.17, 15) is 4.79 Å². The predicted octanol–water partition coefficient (Wildman–Crippen LogP) is 4.78. The van der Waals surface area contributed by atoms with Gasteiger partial charge in [0, 0.05) is 0 Å².